The molecule has 0 aliphatic heterocycles. The number of aromatic nitrogens is 1. The third kappa shape index (κ3) is 5.26. The summed E-state index contributed by atoms with van der Waals surface area (Å²) in [4.78, 5) is 25.7. The molecule has 168 valence electrons. The zero-order valence-electron chi connectivity index (χ0n) is 18.5. The van der Waals surface area contributed by atoms with Gasteiger partial charge in [0, 0.05) is 29.7 Å². The van der Waals surface area contributed by atoms with Crippen molar-refractivity contribution in [1.29, 1.82) is 0 Å². The molecule has 1 aromatic heterocycles. The quantitative estimate of drug-likeness (QED) is 0.326. The van der Waals surface area contributed by atoms with Crippen LogP contribution in [-0.4, -0.2) is 16.4 Å². The summed E-state index contributed by atoms with van der Waals surface area (Å²) in [6.45, 7) is 3.34. The molecule has 0 fully saturated rings. The lowest BCUT2D eigenvalue weighted by Gasteiger charge is -2.11. The number of carbonyl (C=O) groups excluding carboxylic acids is 2. The van der Waals surface area contributed by atoms with E-state index in [0.717, 1.165) is 35.9 Å². The first-order valence-corrected chi connectivity index (χ1v) is 11.5. The monoisotopic (exact) mass is 459 g/mol. The first-order chi connectivity index (χ1) is 16.1. The van der Waals surface area contributed by atoms with Crippen LogP contribution < -0.4 is 10.6 Å². The molecule has 0 radical (unpaired) electrons. The molecule has 3 aromatic carbocycles. The number of hydrogen-bond acceptors (Lipinski definition) is 2. The lowest BCUT2D eigenvalue weighted by molar-refractivity contribution is 0.0941. The van der Waals surface area contributed by atoms with Crippen LogP contribution in [0.15, 0.2) is 78.9 Å². The standard InChI is InChI=1S/C27H26ClN3O2/c1-2-3-15-31-24-14-13-21(30-26(32)22-11-7-8-12-23(22)28)16-20(24)17-25(31)27(33)29-18-19-9-5-4-6-10-19/h4-14,16-17H,2-3,15,18H2,1H3,(H,29,33)(H,30,32). The maximum atomic E-state index is 13.0. The maximum absolute atomic E-state index is 13.0. The van der Waals surface area contributed by atoms with Gasteiger partial charge in [-0.25, -0.2) is 0 Å². The molecule has 5 nitrogen and oxygen atoms in total. The molecule has 2 N–H and O–H groups in total. The Hall–Kier alpha value is -3.57. The van der Waals surface area contributed by atoms with Crippen LogP contribution in [0.3, 0.4) is 0 Å². The first kappa shape index (κ1) is 22.6. The molecule has 6 heteroatoms. The summed E-state index contributed by atoms with van der Waals surface area (Å²) in [5.41, 5.74) is 3.69. The number of fused-ring (bicyclic) bond motifs is 1. The van der Waals surface area contributed by atoms with E-state index in [9.17, 15) is 9.59 Å². The summed E-state index contributed by atoms with van der Waals surface area (Å²) >= 11 is 6.15. The Labute approximate surface area is 198 Å². The van der Waals surface area contributed by atoms with Crippen LogP contribution in [0.5, 0.6) is 0 Å². The summed E-state index contributed by atoms with van der Waals surface area (Å²) in [5.74, 6) is -0.390. The second-order valence-electron chi connectivity index (χ2n) is 7.91. The number of halogens is 1. The van der Waals surface area contributed by atoms with E-state index in [1.807, 2.05) is 54.6 Å². The molecule has 4 aromatic rings. The van der Waals surface area contributed by atoms with Gasteiger partial charge < -0.3 is 15.2 Å². The third-order valence-corrected chi connectivity index (χ3v) is 5.87. The lowest BCUT2D eigenvalue weighted by Crippen LogP contribution is -2.25. The van der Waals surface area contributed by atoms with Gasteiger partial charge in [-0.2, -0.15) is 0 Å². The van der Waals surface area contributed by atoms with Gasteiger partial charge in [0.25, 0.3) is 11.8 Å². The number of benzene rings is 3. The van der Waals surface area contributed by atoms with E-state index in [4.69, 9.17) is 11.6 Å². The molecule has 0 atom stereocenters. The normalized spacial score (nSPS) is 10.8. The van der Waals surface area contributed by atoms with E-state index in [-0.39, 0.29) is 11.8 Å². The van der Waals surface area contributed by atoms with Crippen molar-refractivity contribution in [3.05, 3.63) is 101 Å². The van der Waals surface area contributed by atoms with Crippen molar-refractivity contribution in [2.24, 2.45) is 0 Å². The summed E-state index contributed by atoms with van der Waals surface area (Å²) in [6.07, 6.45) is 1.99. The predicted octanol–water partition coefficient (Wildman–Crippen LogP) is 6.28. The zero-order valence-corrected chi connectivity index (χ0v) is 19.2. The van der Waals surface area contributed by atoms with Crippen molar-refractivity contribution in [2.45, 2.75) is 32.9 Å². The number of unbranched alkanes of at least 4 members (excludes halogenated alkanes) is 1. The second-order valence-corrected chi connectivity index (χ2v) is 8.32. The molecule has 0 saturated carbocycles. The number of amides is 2. The second kappa shape index (κ2) is 10.4. The van der Waals surface area contributed by atoms with Crippen molar-refractivity contribution in [3.8, 4) is 0 Å². The Morgan fingerprint density at radius 3 is 2.42 bits per heavy atom. The summed E-state index contributed by atoms with van der Waals surface area (Å²) < 4.78 is 2.05. The van der Waals surface area contributed by atoms with Crippen molar-refractivity contribution >= 4 is 40.0 Å². The highest BCUT2D eigenvalue weighted by atomic mass is 35.5. The molecule has 0 aliphatic rings. The smallest absolute Gasteiger partial charge is 0.268 e. The number of hydrogen-bond donors (Lipinski definition) is 2. The molecule has 0 bridgehead atoms. The van der Waals surface area contributed by atoms with Crippen molar-refractivity contribution in [2.75, 3.05) is 5.32 Å². The fourth-order valence-electron chi connectivity index (χ4n) is 3.81. The number of aryl methyl sites for hydroxylation is 1. The highest BCUT2D eigenvalue weighted by molar-refractivity contribution is 6.34. The molecule has 0 aliphatic carbocycles. The van der Waals surface area contributed by atoms with Gasteiger partial charge in [-0.3, -0.25) is 9.59 Å². The van der Waals surface area contributed by atoms with Crippen LogP contribution in [0.25, 0.3) is 10.9 Å². The Balaban J connectivity index is 1.59. The van der Waals surface area contributed by atoms with E-state index in [2.05, 4.69) is 22.1 Å². The molecular formula is C27H26ClN3O2. The van der Waals surface area contributed by atoms with Crippen LogP contribution in [0.2, 0.25) is 5.02 Å². The van der Waals surface area contributed by atoms with Gasteiger partial charge in [0.15, 0.2) is 0 Å². The number of anilines is 1. The van der Waals surface area contributed by atoms with Crippen molar-refractivity contribution < 1.29 is 9.59 Å². The number of nitrogens with zero attached hydrogens (tertiary/aromatic N) is 1. The van der Waals surface area contributed by atoms with E-state index < -0.39 is 0 Å². The van der Waals surface area contributed by atoms with Gasteiger partial charge in [0.05, 0.1) is 10.6 Å². The summed E-state index contributed by atoms with van der Waals surface area (Å²) in [5, 5.41) is 7.23. The molecule has 0 unspecified atom stereocenters. The van der Waals surface area contributed by atoms with Crippen LogP contribution >= 0.6 is 11.6 Å². The lowest BCUT2D eigenvalue weighted by atomic mass is 10.2. The largest absolute Gasteiger partial charge is 0.347 e. The minimum absolute atomic E-state index is 0.118. The van der Waals surface area contributed by atoms with E-state index in [0.29, 0.717) is 28.5 Å². The molecule has 33 heavy (non-hydrogen) atoms. The minimum atomic E-state index is -0.272. The SMILES string of the molecule is CCCCn1c(C(=O)NCc2ccccc2)cc2cc(NC(=O)c3ccccc3Cl)ccc21. The number of carbonyl (C=O) groups is 2. The highest BCUT2D eigenvalue weighted by Gasteiger charge is 2.17. The van der Waals surface area contributed by atoms with Gasteiger partial charge in [-0.05, 0) is 48.4 Å². The van der Waals surface area contributed by atoms with Crippen molar-refractivity contribution in [1.82, 2.24) is 9.88 Å². The molecule has 0 spiro atoms. The average molecular weight is 460 g/mol. The predicted molar refractivity (Wildman–Crippen MR) is 134 cm³/mol. The summed E-state index contributed by atoms with van der Waals surface area (Å²) in [7, 11) is 0. The van der Waals surface area contributed by atoms with Crippen LogP contribution in [0, 0.1) is 0 Å². The Bertz CT molecular complexity index is 1280. The van der Waals surface area contributed by atoms with Gasteiger partial charge in [0.1, 0.15) is 5.69 Å². The van der Waals surface area contributed by atoms with Crippen LogP contribution in [-0.2, 0) is 13.1 Å². The van der Waals surface area contributed by atoms with Gasteiger partial charge in [-0.15, -0.1) is 0 Å². The first-order valence-electron chi connectivity index (χ1n) is 11.1. The topological polar surface area (TPSA) is 63.1 Å². The summed E-state index contributed by atoms with van der Waals surface area (Å²) in [6, 6.07) is 24.4. The molecule has 1 heterocycles. The fourth-order valence-corrected chi connectivity index (χ4v) is 4.03. The Morgan fingerprint density at radius 2 is 1.67 bits per heavy atom. The van der Waals surface area contributed by atoms with E-state index in [1.165, 1.54) is 0 Å². The van der Waals surface area contributed by atoms with E-state index >= 15 is 0 Å². The van der Waals surface area contributed by atoms with Gasteiger partial charge >= 0.3 is 0 Å². The van der Waals surface area contributed by atoms with Gasteiger partial charge in [0.2, 0.25) is 0 Å². The van der Waals surface area contributed by atoms with Crippen LogP contribution in [0.4, 0.5) is 5.69 Å². The highest BCUT2D eigenvalue weighted by Crippen LogP contribution is 2.25. The van der Waals surface area contributed by atoms with Gasteiger partial charge in [-0.1, -0.05) is 67.4 Å². The molecule has 4 rings (SSSR count). The average Bonchev–Trinajstić information content (AvgIpc) is 3.19. The molecule has 0 saturated heterocycles. The van der Waals surface area contributed by atoms with Crippen LogP contribution in [0.1, 0.15) is 46.2 Å². The minimum Gasteiger partial charge on any atom is -0.347 e. The van der Waals surface area contributed by atoms with Crippen molar-refractivity contribution in [3.63, 3.8) is 0 Å². The number of rotatable bonds is 8. The van der Waals surface area contributed by atoms with E-state index in [1.54, 1.807) is 24.3 Å². The zero-order chi connectivity index (χ0) is 23.2. The Kier molecular flexibility index (Phi) is 7.10. The maximum Gasteiger partial charge on any atom is 0.268 e. The fraction of sp³-hybridized carbons (Fsp3) is 0.185. The molecular weight excluding hydrogens is 434 g/mol. The molecule has 2 amide bonds. The number of nitrogens with one attached hydrogen (secondary N) is 2. The Morgan fingerprint density at radius 1 is 0.909 bits per heavy atom. The third-order valence-electron chi connectivity index (χ3n) is 5.54.